The number of methoxy groups -OCH3 is 1. The summed E-state index contributed by atoms with van der Waals surface area (Å²) in [4.78, 5) is 27.6. The van der Waals surface area contributed by atoms with E-state index in [4.69, 9.17) is 0 Å². The predicted molar refractivity (Wildman–Crippen MR) is 97.2 cm³/mol. The van der Waals surface area contributed by atoms with Crippen LogP contribution in [0.4, 0.5) is 0 Å². The normalized spacial score (nSPS) is 11.1. The third-order valence-corrected chi connectivity index (χ3v) is 4.60. The number of nitriles is 1. The molecular weight excluding hydrogens is 336 g/mol. The summed E-state index contributed by atoms with van der Waals surface area (Å²) < 4.78 is 5.43. The molecule has 0 unspecified atom stereocenters. The van der Waals surface area contributed by atoms with Crippen LogP contribution in [-0.4, -0.2) is 18.1 Å². The fraction of sp³-hybridized carbons (Fsp3) is 0.0526. The molecule has 0 spiro atoms. The van der Waals surface area contributed by atoms with Gasteiger partial charge >= 0.3 is 5.97 Å². The number of hydrogen-bond acceptors (Lipinski definition) is 6. The molecule has 0 atom stereocenters. The molecule has 0 amide bonds. The quantitative estimate of drug-likeness (QED) is 0.534. The van der Waals surface area contributed by atoms with Gasteiger partial charge in [0.2, 0.25) is 0 Å². The zero-order valence-corrected chi connectivity index (χ0v) is 14.0. The van der Waals surface area contributed by atoms with Crippen molar-refractivity contribution in [2.24, 2.45) is 0 Å². The third kappa shape index (κ3) is 3.47. The lowest BCUT2D eigenvalue weighted by Gasteiger charge is -2.02. The highest BCUT2D eigenvalue weighted by Gasteiger charge is 2.09. The van der Waals surface area contributed by atoms with Crippen molar-refractivity contribution in [3.05, 3.63) is 75.0 Å². The minimum atomic E-state index is -0.426. The summed E-state index contributed by atoms with van der Waals surface area (Å²) in [5.41, 5.74) is 1.08. The first-order valence-electron chi connectivity index (χ1n) is 7.33. The highest BCUT2D eigenvalue weighted by atomic mass is 32.1. The fourth-order valence-corrected chi connectivity index (χ4v) is 3.23. The molecule has 0 aliphatic rings. The molecule has 0 fully saturated rings. The number of aromatic nitrogens is 1. The van der Waals surface area contributed by atoms with Crippen LogP contribution in [0.25, 0.3) is 21.7 Å². The minimum absolute atomic E-state index is 0.290. The standard InChI is InChI=1S/C19H12N2O3S/c1-24-19(23)13-8-6-12(7-9-13)10-14(11-20)18-21-17(22)15-4-2-3-5-16(15)25-18/h2-10H,1H3/b14-10+. The molecule has 3 rings (SSSR count). The maximum Gasteiger partial charge on any atom is 0.337 e. The number of fused-ring (bicyclic) bond motifs is 1. The molecule has 6 heteroatoms. The van der Waals surface area contributed by atoms with E-state index >= 15 is 0 Å². The minimum Gasteiger partial charge on any atom is -0.465 e. The van der Waals surface area contributed by atoms with Crippen molar-refractivity contribution in [1.82, 2.24) is 4.98 Å². The van der Waals surface area contributed by atoms with Crippen molar-refractivity contribution in [3.63, 3.8) is 0 Å². The van der Waals surface area contributed by atoms with Crippen molar-refractivity contribution in [3.8, 4) is 6.07 Å². The summed E-state index contributed by atoms with van der Waals surface area (Å²) in [6.45, 7) is 0. The van der Waals surface area contributed by atoms with Crippen LogP contribution in [0.15, 0.2) is 53.3 Å². The van der Waals surface area contributed by atoms with Gasteiger partial charge in [0, 0.05) is 4.70 Å². The maximum absolute atomic E-state index is 12.1. The van der Waals surface area contributed by atoms with Crippen LogP contribution in [0.2, 0.25) is 0 Å². The molecule has 5 nitrogen and oxygen atoms in total. The highest BCUT2D eigenvalue weighted by molar-refractivity contribution is 7.19. The smallest absolute Gasteiger partial charge is 0.337 e. The van der Waals surface area contributed by atoms with Crippen LogP contribution in [-0.2, 0) is 4.74 Å². The van der Waals surface area contributed by atoms with Crippen molar-refractivity contribution < 1.29 is 9.53 Å². The van der Waals surface area contributed by atoms with Crippen molar-refractivity contribution in [2.75, 3.05) is 7.11 Å². The van der Waals surface area contributed by atoms with Gasteiger partial charge in [0.15, 0.2) is 0 Å². The molecule has 0 radical (unpaired) electrons. The first-order valence-corrected chi connectivity index (χ1v) is 8.14. The number of esters is 1. The molecule has 0 saturated heterocycles. The van der Waals surface area contributed by atoms with E-state index in [-0.39, 0.29) is 5.56 Å². The van der Waals surface area contributed by atoms with Crippen LogP contribution in [0.3, 0.4) is 0 Å². The first-order chi connectivity index (χ1) is 12.1. The summed E-state index contributed by atoms with van der Waals surface area (Å²) >= 11 is 1.29. The van der Waals surface area contributed by atoms with Crippen LogP contribution in [0.5, 0.6) is 0 Å². The van der Waals surface area contributed by atoms with E-state index in [1.807, 2.05) is 12.1 Å². The second-order valence-corrected chi connectivity index (χ2v) is 6.13. The van der Waals surface area contributed by atoms with Crippen LogP contribution < -0.4 is 5.56 Å². The van der Waals surface area contributed by atoms with Gasteiger partial charge in [-0.1, -0.05) is 24.3 Å². The van der Waals surface area contributed by atoms with Crippen molar-refractivity contribution in [1.29, 1.82) is 5.26 Å². The van der Waals surface area contributed by atoms with Crippen LogP contribution in [0, 0.1) is 11.3 Å². The third-order valence-electron chi connectivity index (χ3n) is 3.52. The number of hydrogen-bond donors (Lipinski definition) is 0. The molecule has 0 N–H and O–H groups in total. The van der Waals surface area contributed by atoms with E-state index in [0.29, 0.717) is 21.5 Å². The van der Waals surface area contributed by atoms with E-state index in [9.17, 15) is 14.9 Å². The number of rotatable bonds is 3. The van der Waals surface area contributed by atoms with Crippen LogP contribution in [0.1, 0.15) is 20.9 Å². The van der Waals surface area contributed by atoms with Gasteiger partial charge in [0.05, 0.1) is 23.6 Å². The number of ether oxygens (including phenoxy) is 1. The largest absolute Gasteiger partial charge is 0.465 e. The lowest BCUT2D eigenvalue weighted by molar-refractivity contribution is 0.0600. The molecule has 122 valence electrons. The van der Waals surface area contributed by atoms with Crippen molar-refractivity contribution in [2.45, 2.75) is 0 Å². The number of allylic oxidation sites excluding steroid dienone is 1. The SMILES string of the molecule is COC(=O)c1ccc(/C=C(\C#N)c2nc(=O)c3ccccc3s2)cc1. The Morgan fingerprint density at radius 1 is 1.20 bits per heavy atom. The lowest BCUT2D eigenvalue weighted by atomic mass is 10.1. The van der Waals surface area contributed by atoms with Crippen LogP contribution >= 0.6 is 11.3 Å². The molecule has 0 saturated carbocycles. The molecule has 1 aromatic heterocycles. The monoisotopic (exact) mass is 348 g/mol. The first kappa shape index (κ1) is 16.6. The number of benzene rings is 2. The average molecular weight is 348 g/mol. The molecule has 3 aromatic rings. The molecule has 0 aliphatic heterocycles. The van der Waals surface area contributed by atoms with E-state index in [1.54, 1.807) is 42.5 Å². The summed E-state index contributed by atoms with van der Waals surface area (Å²) in [6.07, 6.45) is 1.63. The van der Waals surface area contributed by atoms with Gasteiger partial charge in [-0.25, -0.2) is 4.79 Å². The number of carbonyl (C=O) groups excluding carboxylic acids is 1. The van der Waals surface area contributed by atoms with E-state index < -0.39 is 5.97 Å². The van der Waals surface area contributed by atoms with Gasteiger partial charge < -0.3 is 4.74 Å². The van der Waals surface area contributed by atoms with Gasteiger partial charge in [-0.05, 0) is 35.9 Å². The molecule has 0 aliphatic carbocycles. The van der Waals surface area contributed by atoms with Gasteiger partial charge in [-0.3, -0.25) is 4.79 Å². The zero-order valence-electron chi connectivity index (χ0n) is 13.2. The van der Waals surface area contributed by atoms with Gasteiger partial charge in [-0.15, -0.1) is 11.3 Å². The Labute approximate surface area is 147 Å². The Morgan fingerprint density at radius 3 is 2.60 bits per heavy atom. The topological polar surface area (TPSA) is 80.1 Å². The molecule has 0 bridgehead atoms. The lowest BCUT2D eigenvalue weighted by Crippen LogP contribution is -2.07. The van der Waals surface area contributed by atoms with E-state index in [2.05, 4.69) is 15.8 Å². The Hall–Kier alpha value is -3.30. The number of nitrogens with zero attached hydrogens (tertiary/aromatic N) is 2. The van der Waals surface area contributed by atoms with Gasteiger partial charge in [-0.2, -0.15) is 10.2 Å². The predicted octanol–water partition coefficient (Wildman–Crippen LogP) is 3.51. The molecule has 2 aromatic carbocycles. The Bertz CT molecular complexity index is 1080. The average Bonchev–Trinajstić information content (AvgIpc) is 2.66. The fourth-order valence-electron chi connectivity index (χ4n) is 2.27. The van der Waals surface area contributed by atoms with Gasteiger partial charge in [0.25, 0.3) is 5.56 Å². The second kappa shape index (κ2) is 7.07. The highest BCUT2D eigenvalue weighted by Crippen LogP contribution is 2.24. The van der Waals surface area contributed by atoms with E-state index in [1.165, 1.54) is 18.4 Å². The molecular formula is C19H12N2O3S. The number of carbonyl (C=O) groups is 1. The Balaban J connectivity index is 2.03. The summed E-state index contributed by atoms with van der Waals surface area (Å²) in [7, 11) is 1.32. The Morgan fingerprint density at radius 2 is 1.92 bits per heavy atom. The van der Waals surface area contributed by atoms with Crippen molar-refractivity contribution >= 4 is 39.0 Å². The van der Waals surface area contributed by atoms with E-state index in [0.717, 1.165) is 10.3 Å². The van der Waals surface area contributed by atoms with Gasteiger partial charge in [0.1, 0.15) is 11.1 Å². The zero-order chi connectivity index (χ0) is 17.8. The summed E-state index contributed by atoms with van der Waals surface area (Å²) in [5, 5.41) is 10.4. The Kier molecular flexibility index (Phi) is 4.68. The summed E-state index contributed by atoms with van der Waals surface area (Å²) in [5.74, 6) is -0.426. The molecule has 25 heavy (non-hydrogen) atoms. The summed E-state index contributed by atoms with van der Waals surface area (Å²) in [6, 6.07) is 15.9. The maximum atomic E-state index is 12.1. The molecule has 1 heterocycles. The second-order valence-electron chi connectivity index (χ2n) is 5.10.